The van der Waals surface area contributed by atoms with E-state index in [-0.39, 0.29) is 5.75 Å². The third-order valence-electron chi connectivity index (χ3n) is 1.45. The van der Waals surface area contributed by atoms with Crippen LogP contribution in [0.2, 0.25) is 0 Å². The predicted octanol–water partition coefficient (Wildman–Crippen LogP) is 1.90. The Bertz CT molecular complexity index is 286. The first-order valence-corrected chi connectivity index (χ1v) is 4.61. The van der Waals surface area contributed by atoms with Gasteiger partial charge in [0.05, 0.1) is 5.75 Å². The third-order valence-corrected chi connectivity index (χ3v) is 2.63. The molecule has 2 nitrogen and oxygen atoms in total. The number of carbonyl (C=O) groups is 1. The topological polar surface area (TPSA) is 40.9 Å². The van der Waals surface area contributed by atoms with Crippen molar-refractivity contribution in [2.24, 2.45) is 0 Å². The second kappa shape index (κ2) is 4.16. The summed E-state index contributed by atoms with van der Waals surface area (Å²) >= 11 is 1.42. The molecule has 0 aromatic heterocycles. The molecular weight excluding hydrogens is 170 g/mol. The zero-order valence-corrected chi connectivity index (χ0v) is 7.65. The molecule has 1 amide bonds. The molecule has 1 N–H and O–H groups in total. The van der Waals surface area contributed by atoms with Gasteiger partial charge in [0.2, 0.25) is 5.91 Å². The van der Waals surface area contributed by atoms with Gasteiger partial charge in [-0.1, -0.05) is 18.2 Å². The predicted molar refractivity (Wildman–Crippen MR) is 50.0 cm³/mol. The molecular formula is C9H10NOS. The molecule has 3 heteroatoms. The number of thioether (sulfide) groups is 1. The van der Waals surface area contributed by atoms with Gasteiger partial charge >= 0.3 is 0 Å². The lowest BCUT2D eigenvalue weighted by molar-refractivity contribution is -0.116. The monoisotopic (exact) mass is 180 g/mol. The van der Waals surface area contributed by atoms with Gasteiger partial charge in [0.1, 0.15) is 0 Å². The highest BCUT2D eigenvalue weighted by Gasteiger charge is 2.00. The lowest BCUT2D eigenvalue weighted by atomic mass is 10.2. The van der Waals surface area contributed by atoms with Crippen molar-refractivity contribution in [3.05, 3.63) is 29.8 Å². The highest BCUT2D eigenvalue weighted by molar-refractivity contribution is 8.00. The van der Waals surface area contributed by atoms with Crippen LogP contribution in [0.1, 0.15) is 5.56 Å². The highest BCUT2D eigenvalue weighted by atomic mass is 32.2. The second-order valence-corrected chi connectivity index (χ2v) is 3.49. The standard InChI is InChI=1S/C9H10NOS/c1-7-4-2-3-5-8(7)12-6-9(10)11/h2-5,10H,6H2,1H3. The van der Waals surface area contributed by atoms with E-state index in [1.54, 1.807) is 0 Å². The van der Waals surface area contributed by atoms with Gasteiger partial charge in [-0.15, -0.1) is 11.8 Å². The van der Waals surface area contributed by atoms with Crippen LogP contribution in [0.25, 0.3) is 0 Å². The smallest absolute Gasteiger partial charge is 0.248 e. The van der Waals surface area contributed by atoms with Gasteiger partial charge in [-0.05, 0) is 18.6 Å². The van der Waals surface area contributed by atoms with E-state index in [0.717, 1.165) is 10.5 Å². The Morgan fingerprint density at radius 3 is 2.75 bits per heavy atom. The molecule has 0 fully saturated rings. The summed E-state index contributed by atoms with van der Waals surface area (Å²) in [5.74, 6) is -0.284. The minimum absolute atomic E-state index is 0.241. The Hall–Kier alpha value is -0.960. The first-order valence-electron chi connectivity index (χ1n) is 3.63. The number of rotatable bonds is 3. The quantitative estimate of drug-likeness (QED) is 0.666. The summed E-state index contributed by atoms with van der Waals surface area (Å²) in [5.41, 5.74) is 7.89. The molecule has 0 atom stereocenters. The van der Waals surface area contributed by atoms with Crippen LogP contribution in [0.5, 0.6) is 0 Å². The van der Waals surface area contributed by atoms with Crippen LogP contribution in [-0.4, -0.2) is 11.7 Å². The Labute approximate surface area is 76.2 Å². The second-order valence-electron chi connectivity index (χ2n) is 2.48. The van der Waals surface area contributed by atoms with Crippen molar-refractivity contribution < 1.29 is 4.79 Å². The SMILES string of the molecule is Cc1ccccc1SCC([NH])=O. The Balaban J connectivity index is 2.63. The molecule has 0 aliphatic rings. The summed E-state index contributed by atoms with van der Waals surface area (Å²) in [6.07, 6.45) is 0. The number of aryl methyl sites for hydroxylation is 1. The van der Waals surface area contributed by atoms with Crippen LogP contribution in [-0.2, 0) is 4.79 Å². The van der Waals surface area contributed by atoms with Gasteiger partial charge in [-0.25, -0.2) is 0 Å². The van der Waals surface area contributed by atoms with Gasteiger partial charge in [-0.3, -0.25) is 10.5 Å². The average molecular weight is 180 g/mol. The summed E-state index contributed by atoms with van der Waals surface area (Å²) in [4.78, 5) is 11.5. The molecule has 0 aliphatic heterocycles. The van der Waals surface area contributed by atoms with Gasteiger partial charge in [0.25, 0.3) is 0 Å². The van der Waals surface area contributed by atoms with Gasteiger partial charge in [-0.2, -0.15) is 0 Å². The first kappa shape index (κ1) is 9.13. The van der Waals surface area contributed by atoms with Crippen LogP contribution in [0, 0.1) is 6.92 Å². The van der Waals surface area contributed by atoms with Crippen molar-refractivity contribution in [2.45, 2.75) is 11.8 Å². The van der Waals surface area contributed by atoms with Gasteiger partial charge < -0.3 is 0 Å². The number of hydrogen-bond donors (Lipinski definition) is 0. The molecule has 0 heterocycles. The normalized spacial score (nSPS) is 9.75. The summed E-state index contributed by atoms with van der Waals surface area (Å²) in [7, 11) is 0. The van der Waals surface area contributed by atoms with Crippen molar-refractivity contribution in [2.75, 3.05) is 5.75 Å². The average Bonchev–Trinajstić information content (AvgIpc) is 2.03. The molecule has 1 aromatic rings. The maximum absolute atomic E-state index is 10.4. The highest BCUT2D eigenvalue weighted by Crippen LogP contribution is 2.20. The zero-order valence-electron chi connectivity index (χ0n) is 6.83. The summed E-state index contributed by atoms with van der Waals surface area (Å²) in [6, 6.07) is 7.85. The van der Waals surface area contributed by atoms with E-state index in [2.05, 4.69) is 0 Å². The molecule has 0 saturated carbocycles. The lowest BCUT2D eigenvalue weighted by Crippen LogP contribution is -2.00. The maximum atomic E-state index is 10.4. The van der Waals surface area contributed by atoms with Crippen molar-refractivity contribution >= 4 is 17.7 Å². The van der Waals surface area contributed by atoms with Crippen LogP contribution in [0.4, 0.5) is 0 Å². The van der Waals surface area contributed by atoms with E-state index in [1.165, 1.54) is 11.8 Å². The van der Waals surface area contributed by atoms with Crippen LogP contribution in [0.3, 0.4) is 0 Å². The zero-order chi connectivity index (χ0) is 8.97. The molecule has 0 aliphatic carbocycles. The van der Waals surface area contributed by atoms with Crippen LogP contribution in [0.15, 0.2) is 29.2 Å². The van der Waals surface area contributed by atoms with E-state index < -0.39 is 5.91 Å². The number of hydrogen-bond acceptors (Lipinski definition) is 2. The fraction of sp³-hybridized carbons (Fsp3) is 0.222. The Kier molecular flexibility index (Phi) is 3.17. The molecule has 1 aromatic carbocycles. The fourth-order valence-electron chi connectivity index (χ4n) is 0.862. The van der Waals surface area contributed by atoms with E-state index in [9.17, 15) is 4.79 Å². The Morgan fingerprint density at radius 1 is 1.50 bits per heavy atom. The molecule has 0 saturated heterocycles. The summed E-state index contributed by atoms with van der Waals surface area (Å²) in [5, 5.41) is 0. The molecule has 12 heavy (non-hydrogen) atoms. The number of carbonyl (C=O) groups excluding carboxylic acids is 1. The largest absolute Gasteiger partial charge is 0.272 e. The van der Waals surface area contributed by atoms with Gasteiger partial charge in [0.15, 0.2) is 0 Å². The molecule has 63 valence electrons. The maximum Gasteiger partial charge on any atom is 0.248 e. The molecule has 1 radical (unpaired) electrons. The van der Waals surface area contributed by atoms with Gasteiger partial charge in [0, 0.05) is 4.90 Å². The lowest BCUT2D eigenvalue weighted by Gasteiger charge is -2.01. The van der Waals surface area contributed by atoms with Crippen molar-refractivity contribution in [3.63, 3.8) is 0 Å². The third kappa shape index (κ3) is 2.58. The first-order chi connectivity index (χ1) is 5.70. The van der Waals surface area contributed by atoms with E-state index in [0.29, 0.717) is 0 Å². The van der Waals surface area contributed by atoms with E-state index in [4.69, 9.17) is 5.73 Å². The van der Waals surface area contributed by atoms with Crippen LogP contribution >= 0.6 is 11.8 Å². The number of benzene rings is 1. The van der Waals surface area contributed by atoms with Crippen molar-refractivity contribution in [3.8, 4) is 0 Å². The minimum Gasteiger partial charge on any atom is -0.272 e. The molecule has 1 rings (SSSR count). The number of amides is 1. The summed E-state index contributed by atoms with van der Waals surface area (Å²) in [6.45, 7) is 2.00. The van der Waals surface area contributed by atoms with Crippen molar-refractivity contribution in [1.29, 1.82) is 0 Å². The molecule has 0 unspecified atom stereocenters. The fourth-order valence-corrected chi connectivity index (χ4v) is 1.62. The Morgan fingerprint density at radius 2 is 2.17 bits per heavy atom. The van der Waals surface area contributed by atoms with E-state index >= 15 is 0 Å². The van der Waals surface area contributed by atoms with Crippen molar-refractivity contribution in [1.82, 2.24) is 5.73 Å². The molecule has 0 spiro atoms. The van der Waals surface area contributed by atoms with Crippen LogP contribution < -0.4 is 5.73 Å². The minimum atomic E-state index is -0.525. The molecule has 0 bridgehead atoms. The van der Waals surface area contributed by atoms with E-state index in [1.807, 2.05) is 31.2 Å². The number of nitrogens with one attached hydrogen (secondary N) is 1. The summed E-state index contributed by atoms with van der Waals surface area (Å²) < 4.78 is 0.